The molecule has 1 aliphatic heterocycles. The largest absolute Gasteiger partial charge is 0.465 e. The van der Waals surface area contributed by atoms with Gasteiger partial charge in [0.1, 0.15) is 11.6 Å². The molecule has 0 aliphatic carbocycles. The molecule has 2 aromatic rings. The van der Waals surface area contributed by atoms with E-state index in [0.717, 1.165) is 11.1 Å². The first-order valence-corrected chi connectivity index (χ1v) is 8.10. The van der Waals surface area contributed by atoms with Crippen molar-refractivity contribution in [3.05, 3.63) is 83.1 Å². The van der Waals surface area contributed by atoms with E-state index in [1.807, 2.05) is 60.7 Å². The lowest BCUT2D eigenvalue weighted by atomic mass is 9.97. The van der Waals surface area contributed by atoms with Gasteiger partial charge in [-0.3, -0.25) is 0 Å². The standard InChI is InChI=1S/C20H19NO5/c1-24-19(22)16-17(15-11-7-4-8-12-15)21(26-18(16)20(23)25-2)13-14-9-5-3-6-10-14/h3-12,17H,13H2,1-2H3. The average Bonchev–Trinajstić information content (AvgIpc) is 3.07. The summed E-state index contributed by atoms with van der Waals surface area (Å²) in [6.07, 6.45) is 0. The van der Waals surface area contributed by atoms with E-state index in [0.29, 0.717) is 6.54 Å². The Kier molecular flexibility index (Phi) is 5.34. The van der Waals surface area contributed by atoms with Crippen LogP contribution in [0.3, 0.4) is 0 Å². The maximum absolute atomic E-state index is 12.4. The van der Waals surface area contributed by atoms with E-state index < -0.39 is 18.0 Å². The summed E-state index contributed by atoms with van der Waals surface area (Å²) in [5.41, 5.74) is 1.91. The van der Waals surface area contributed by atoms with Gasteiger partial charge in [0.2, 0.25) is 5.76 Å². The third-order valence-corrected chi connectivity index (χ3v) is 4.09. The van der Waals surface area contributed by atoms with Gasteiger partial charge in [-0.25, -0.2) is 9.59 Å². The molecule has 0 N–H and O–H groups in total. The van der Waals surface area contributed by atoms with E-state index in [1.165, 1.54) is 14.2 Å². The summed E-state index contributed by atoms with van der Waals surface area (Å²) < 4.78 is 9.68. The fourth-order valence-electron chi connectivity index (χ4n) is 2.90. The Morgan fingerprint density at radius 3 is 2.08 bits per heavy atom. The summed E-state index contributed by atoms with van der Waals surface area (Å²) in [6.45, 7) is 0.376. The van der Waals surface area contributed by atoms with E-state index in [4.69, 9.17) is 14.3 Å². The molecule has 1 unspecified atom stereocenters. The number of hydrogen-bond acceptors (Lipinski definition) is 6. The predicted octanol–water partition coefficient (Wildman–Crippen LogP) is 2.78. The summed E-state index contributed by atoms with van der Waals surface area (Å²) in [5, 5.41) is 1.59. The zero-order valence-electron chi connectivity index (χ0n) is 14.5. The number of carbonyl (C=O) groups excluding carboxylic acids is 2. The summed E-state index contributed by atoms with van der Waals surface area (Å²) in [4.78, 5) is 30.4. The van der Waals surface area contributed by atoms with Gasteiger partial charge in [-0.2, -0.15) is 0 Å². The van der Waals surface area contributed by atoms with Crippen molar-refractivity contribution in [1.82, 2.24) is 5.06 Å². The molecule has 3 rings (SSSR count). The molecule has 6 heteroatoms. The van der Waals surface area contributed by atoms with Crippen molar-refractivity contribution < 1.29 is 23.9 Å². The lowest BCUT2D eigenvalue weighted by Gasteiger charge is -2.24. The van der Waals surface area contributed by atoms with Crippen LogP contribution in [0.5, 0.6) is 0 Å². The Morgan fingerprint density at radius 2 is 1.50 bits per heavy atom. The fraction of sp³-hybridized carbons (Fsp3) is 0.200. The number of carbonyl (C=O) groups is 2. The second kappa shape index (κ2) is 7.84. The highest BCUT2D eigenvalue weighted by Gasteiger charge is 2.44. The van der Waals surface area contributed by atoms with Crippen LogP contribution in [-0.4, -0.2) is 31.2 Å². The molecule has 0 radical (unpaired) electrons. The van der Waals surface area contributed by atoms with Crippen molar-refractivity contribution in [2.24, 2.45) is 0 Å². The van der Waals surface area contributed by atoms with Crippen molar-refractivity contribution in [1.29, 1.82) is 0 Å². The molecule has 0 spiro atoms. The minimum Gasteiger partial charge on any atom is -0.465 e. The zero-order chi connectivity index (χ0) is 18.5. The summed E-state index contributed by atoms with van der Waals surface area (Å²) in [5.74, 6) is -1.50. The Morgan fingerprint density at radius 1 is 0.923 bits per heavy atom. The number of nitrogens with zero attached hydrogens (tertiary/aromatic N) is 1. The van der Waals surface area contributed by atoms with Gasteiger partial charge in [-0.15, -0.1) is 5.06 Å². The lowest BCUT2D eigenvalue weighted by Crippen LogP contribution is -2.26. The predicted molar refractivity (Wildman–Crippen MR) is 93.3 cm³/mol. The molecule has 6 nitrogen and oxygen atoms in total. The van der Waals surface area contributed by atoms with Crippen LogP contribution in [0.25, 0.3) is 0 Å². The molecule has 0 saturated heterocycles. The number of rotatable bonds is 5. The Bertz CT molecular complexity index is 817. The zero-order valence-corrected chi connectivity index (χ0v) is 14.5. The molecule has 0 amide bonds. The van der Waals surface area contributed by atoms with Gasteiger partial charge < -0.3 is 14.3 Å². The smallest absolute Gasteiger partial charge is 0.376 e. The number of hydrogen-bond donors (Lipinski definition) is 0. The Balaban J connectivity index is 2.06. The fourth-order valence-corrected chi connectivity index (χ4v) is 2.90. The molecule has 2 aromatic carbocycles. The summed E-state index contributed by atoms with van der Waals surface area (Å²) in [7, 11) is 2.51. The SMILES string of the molecule is COC(=O)C1=C(C(=O)OC)C(c2ccccc2)N(Cc2ccccc2)O1. The van der Waals surface area contributed by atoms with E-state index in [1.54, 1.807) is 5.06 Å². The monoisotopic (exact) mass is 353 g/mol. The quantitative estimate of drug-likeness (QED) is 0.770. The third-order valence-electron chi connectivity index (χ3n) is 4.09. The van der Waals surface area contributed by atoms with Crippen LogP contribution in [0.2, 0.25) is 0 Å². The van der Waals surface area contributed by atoms with Crippen molar-refractivity contribution in [2.45, 2.75) is 12.6 Å². The van der Waals surface area contributed by atoms with Crippen molar-refractivity contribution in [3.8, 4) is 0 Å². The number of methoxy groups -OCH3 is 2. The van der Waals surface area contributed by atoms with E-state index >= 15 is 0 Å². The topological polar surface area (TPSA) is 65.1 Å². The molecule has 26 heavy (non-hydrogen) atoms. The molecular weight excluding hydrogens is 334 g/mol. The van der Waals surface area contributed by atoms with E-state index in [9.17, 15) is 9.59 Å². The third kappa shape index (κ3) is 3.45. The average molecular weight is 353 g/mol. The Hall–Kier alpha value is -3.12. The van der Waals surface area contributed by atoms with Crippen molar-refractivity contribution in [2.75, 3.05) is 14.2 Å². The van der Waals surface area contributed by atoms with Crippen LogP contribution in [0.15, 0.2) is 72.0 Å². The number of hydroxylamine groups is 2. The second-order valence-electron chi connectivity index (χ2n) is 5.69. The number of esters is 2. The molecule has 134 valence electrons. The van der Waals surface area contributed by atoms with Crippen molar-refractivity contribution >= 4 is 11.9 Å². The molecule has 1 atom stereocenters. The molecule has 1 aliphatic rings. The highest BCUT2D eigenvalue weighted by molar-refractivity contribution is 6.00. The van der Waals surface area contributed by atoms with Gasteiger partial charge in [0.25, 0.3) is 0 Å². The second-order valence-corrected chi connectivity index (χ2v) is 5.69. The highest BCUT2D eigenvalue weighted by atomic mass is 16.7. The van der Waals surface area contributed by atoms with Gasteiger partial charge >= 0.3 is 11.9 Å². The van der Waals surface area contributed by atoms with E-state index in [2.05, 4.69) is 0 Å². The molecular formula is C20H19NO5. The van der Waals surface area contributed by atoms with Gasteiger partial charge in [0, 0.05) is 0 Å². The first-order valence-electron chi connectivity index (χ1n) is 8.10. The van der Waals surface area contributed by atoms with E-state index in [-0.39, 0.29) is 11.3 Å². The van der Waals surface area contributed by atoms with Crippen LogP contribution < -0.4 is 0 Å². The minimum atomic E-state index is -0.720. The molecule has 0 saturated carbocycles. The lowest BCUT2D eigenvalue weighted by molar-refractivity contribution is -0.160. The minimum absolute atomic E-state index is 0.126. The van der Waals surface area contributed by atoms with Gasteiger partial charge in [0.15, 0.2) is 0 Å². The molecule has 0 bridgehead atoms. The van der Waals surface area contributed by atoms with Crippen LogP contribution in [-0.2, 0) is 30.4 Å². The Labute approximate surface area is 151 Å². The van der Waals surface area contributed by atoms with Gasteiger partial charge in [-0.05, 0) is 11.1 Å². The maximum atomic E-state index is 12.4. The number of ether oxygens (including phenoxy) is 2. The summed E-state index contributed by atoms with van der Waals surface area (Å²) in [6, 6.07) is 18.4. The molecule has 0 fully saturated rings. The van der Waals surface area contributed by atoms with Crippen LogP contribution in [0, 0.1) is 0 Å². The molecule has 1 heterocycles. The first kappa shape index (κ1) is 17.7. The molecule has 0 aromatic heterocycles. The number of benzene rings is 2. The van der Waals surface area contributed by atoms with Gasteiger partial charge in [0.05, 0.1) is 20.8 Å². The van der Waals surface area contributed by atoms with Crippen LogP contribution in [0.1, 0.15) is 17.2 Å². The van der Waals surface area contributed by atoms with Crippen LogP contribution in [0.4, 0.5) is 0 Å². The van der Waals surface area contributed by atoms with Crippen molar-refractivity contribution in [3.63, 3.8) is 0 Å². The highest BCUT2D eigenvalue weighted by Crippen LogP contribution is 2.40. The summed E-state index contributed by atoms with van der Waals surface area (Å²) >= 11 is 0. The maximum Gasteiger partial charge on any atom is 0.376 e. The van der Waals surface area contributed by atoms with Gasteiger partial charge in [-0.1, -0.05) is 60.7 Å². The normalized spacial score (nSPS) is 16.9. The van der Waals surface area contributed by atoms with Crippen LogP contribution >= 0.6 is 0 Å². The first-order chi connectivity index (χ1) is 12.7.